The zero-order chi connectivity index (χ0) is 74.6. The van der Waals surface area contributed by atoms with Crippen molar-refractivity contribution in [3.05, 3.63) is 158 Å². The summed E-state index contributed by atoms with van der Waals surface area (Å²) in [5.41, 5.74) is 0. The third kappa shape index (κ3) is 73.0. The van der Waals surface area contributed by atoms with Crippen LogP contribution in [0.25, 0.3) is 0 Å². The first kappa shape index (κ1) is 96.7. The molecule has 0 amide bonds. The van der Waals surface area contributed by atoms with Crippen LogP contribution >= 0.6 is 15.6 Å². The van der Waals surface area contributed by atoms with Gasteiger partial charge in [-0.2, -0.15) is 0 Å². The molecule has 0 fully saturated rings. The molecule has 0 heterocycles. The number of ether oxygens (including phenoxy) is 4. The Bertz CT molecular complexity index is 2550. The summed E-state index contributed by atoms with van der Waals surface area (Å²) in [6.45, 7) is 4.40. The van der Waals surface area contributed by atoms with E-state index in [9.17, 15) is 43.2 Å². The summed E-state index contributed by atoms with van der Waals surface area (Å²) in [6.07, 6.45) is 85.2. The summed E-state index contributed by atoms with van der Waals surface area (Å²) >= 11 is 0. The van der Waals surface area contributed by atoms with Crippen molar-refractivity contribution in [1.29, 1.82) is 0 Å². The molecular weight excluding hydrogens is 1330 g/mol. The molecule has 0 rings (SSSR count). The van der Waals surface area contributed by atoms with Crippen LogP contribution in [0.3, 0.4) is 0 Å². The van der Waals surface area contributed by atoms with Crippen molar-refractivity contribution in [2.45, 2.75) is 303 Å². The third-order valence-electron chi connectivity index (χ3n) is 15.4. The van der Waals surface area contributed by atoms with Gasteiger partial charge in [-0.3, -0.25) is 37.3 Å². The summed E-state index contributed by atoms with van der Waals surface area (Å²) < 4.78 is 68.4. The van der Waals surface area contributed by atoms with Gasteiger partial charge in [-0.25, -0.2) is 9.13 Å². The van der Waals surface area contributed by atoms with E-state index < -0.39 is 97.5 Å². The van der Waals surface area contributed by atoms with Crippen LogP contribution in [0.1, 0.15) is 285 Å². The van der Waals surface area contributed by atoms with Crippen LogP contribution in [-0.4, -0.2) is 96.7 Å². The Morgan fingerprint density at radius 1 is 0.284 bits per heavy atom. The van der Waals surface area contributed by atoms with Crippen LogP contribution in [0.15, 0.2) is 158 Å². The first-order valence-electron chi connectivity index (χ1n) is 38.7. The lowest BCUT2D eigenvalue weighted by Crippen LogP contribution is -2.30. The van der Waals surface area contributed by atoms with Gasteiger partial charge in [0.25, 0.3) is 0 Å². The van der Waals surface area contributed by atoms with Gasteiger partial charge >= 0.3 is 39.5 Å². The normalized spacial score (nSPS) is 14.8. The molecule has 580 valence electrons. The smallest absolute Gasteiger partial charge is 0.462 e. The maximum atomic E-state index is 13.1. The molecule has 0 aliphatic carbocycles. The number of phosphoric ester groups is 2. The average molecular weight is 1470 g/mol. The maximum absolute atomic E-state index is 13.1. The Morgan fingerprint density at radius 3 is 0.843 bits per heavy atom. The molecule has 0 aliphatic heterocycles. The number of phosphoric acid groups is 2. The fourth-order valence-corrected chi connectivity index (χ4v) is 11.2. The highest BCUT2D eigenvalue weighted by atomic mass is 31.2. The third-order valence-corrected chi connectivity index (χ3v) is 17.3. The van der Waals surface area contributed by atoms with Gasteiger partial charge in [0.2, 0.25) is 0 Å². The highest BCUT2D eigenvalue weighted by Gasteiger charge is 2.30. The Balaban J connectivity index is 5.44. The van der Waals surface area contributed by atoms with Gasteiger partial charge in [0.15, 0.2) is 12.2 Å². The van der Waals surface area contributed by atoms with Crippen molar-refractivity contribution in [3.63, 3.8) is 0 Å². The number of esters is 4. The van der Waals surface area contributed by atoms with Crippen molar-refractivity contribution >= 4 is 39.5 Å². The van der Waals surface area contributed by atoms with E-state index in [1.807, 2.05) is 0 Å². The zero-order valence-electron chi connectivity index (χ0n) is 63.2. The predicted molar refractivity (Wildman–Crippen MR) is 417 cm³/mol. The minimum Gasteiger partial charge on any atom is -0.462 e. The lowest BCUT2D eigenvalue weighted by molar-refractivity contribution is -0.161. The summed E-state index contributed by atoms with van der Waals surface area (Å²) in [5, 5.41) is 10.6. The number of aliphatic hydroxyl groups is 1. The van der Waals surface area contributed by atoms with E-state index in [2.05, 4.69) is 186 Å². The van der Waals surface area contributed by atoms with Gasteiger partial charge in [-0.15, -0.1) is 0 Å². The molecule has 0 saturated heterocycles. The average Bonchev–Trinajstić information content (AvgIpc) is 0.919. The van der Waals surface area contributed by atoms with E-state index >= 15 is 0 Å². The number of hydrogen-bond acceptors (Lipinski definition) is 15. The molecule has 0 radical (unpaired) electrons. The van der Waals surface area contributed by atoms with Crippen molar-refractivity contribution in [2.24, 2.45) is 0 Å². The Kier molecular flexibility index (Phi) is 70.1. The van der Waals surface area contributed by atoms with E-state index in [1.54, 1.807) is 0 Å². The van der Waals surface area contributed by atoms with Crippen LogP contribution in [0.2, 0.25) is 0 Å². The fourth-order valence-electron chi connectivity index (χ4n) is 9.60. The van der Waals surface area contributed by atoms with Crippen molar-refractivity contribution in [1.82, 2.24) is 0 Å². The number of carbonyl (C=O) groups is 4. The minimum atomic E-state index is -5.00. The SMILES string of the molecule is CC/C=C\C/C=C\C/C=C\C/C=C\CCCCC(=O)OCC(COP(=O)(O)OCC(O)COP(=O)(O)OCC(COC(=O)CCCCCCCC/C=C\C/C=C\C/C=C\CCCCC)OC(=O)CCCCCCC/C=C\C/C=C\CCC)OC(=O)CCCC/C=C\C/C=C\C/C=C\C/C=C\CC. The molecule has 5 unspecified atom stereocenters. The summed E-state index contributed by atoms with van der Waals surface area (Å²) in [5.74, 6) is -2.31. The largest absolute Gasteiger partial charge is 0.472 e. The summed E-state index contributed by atoms with van der Waals surface area (Å²) in [7, 11) is -10.00. The number of carbonyl (C=O) groups excluding carboxylic acids is 4. The van der Waals surface area contributed by atoms with Crippen molar-refractivity contribution in [2.75, 3.05) is 39.6 Å². The molecule has 19 heteroatoms. The Labute approximate surface area is 617 Å². The van der Waals surface area contributed by atoms with Crippen LogP contribution < -0.4 is 0 Å². The fraction of sp³-hybridized carbons (Fsp3) is 0.639. The Hall–Kier alpha value is -5.32. The van der Waals surface area contributed by atoms with E-state index in [4.69, 9.17) is 37.0 Å². The highest BCUT2D eigenvalue weighted by Crippen LogP contribution is 2.45. The lowest BCUT2D eigenvalue weighted by atomic mass is 10.1. The molecule has 0 saturated carbocycles. The quantitative estimate of drug-likeness (QED) is 0.0169. The van der Waals surface area contributed by atoms with E-state index in [0.717, 1.165) is 180 Å². The molecule has 3 N–H and O–H groups in total. The summed E-state index contributed by atoms with van der Waals surface area (Å²) in [6, 6.07) is 0. The molecule has 0 spiro atoms. The number of aliphatic hydroxyl groups excluding tert-OH is 1. The number of unbranched alkanes of at least 4 members (excludes halogenated alkanes) is 19. The first-order chi connectivity index (χ1) is 49.7. The molecule has 0 aromatic rings. The summed E-state index contributed by atoms with van der Waals surface area (Å²) in [4.78, 5) is 72.9. The molecule has 5 atom stereocenters. The molecular formula is C83H136O17P2. The molecule has 17 nitrogen and oxygen atoms in total. The second-order valence-electron chi connectivity index (χ2n) is 25.2. The number of allylic oxidation sites excluding steroid dienone is 26. The van der Waals surface area contributed by atoms with Crippen molar-refractivity contribution in [3.8, 4) is 0 Å². The molecule has 102 heavy (non-hydrogen) atoms. The van der Waals surface area contributed by atoms with Crippen LogP contribution in [0.4, 0.5) is 0 Å². The lowest BCUT2D eigenvalue weighted by Gasteiger charge is -2.21. The van der Waals surface area contributed by atoms with Gasteiger partial charge in [-0.1, -0.05) is 250 Å². The van der Waals surface area contributed by atoms with Gasteiger partial charge in [-0.05, 0) is 167 Å². The topological polar surface area (TPSA) is 237 Å². The monoisotopic (exact) mass is 1470 g/mol. The second kappa shape index (κ2) is 74.0. The highest BCUT2D eigenvalue weighted by molar-refractivity contribution is 7.47. The van der Waals surface area contributed by atoms with E-state index in [0.29, 0.717) is 32.1 Å². The first-order valence-corrected chi connectivity index (χ1v) is 41.7. The van der Waals surface area contributed by atoms with Gasteiger partial charge in [0, 0.05) is 25.7 Å². The number of hydrogen-bond donors (Lipinski definition) is 3. The molecule has 0 aliphatic rings. The maximum Gasteiger partial charge on any atom is 0.472 e. The molecule has 0 aromatic carbocycles. The van der Waals surface area contributed by atoms with Crippen LogP contribution in [-0.2, 0) is 65.4 Å². The standard InChI is InChI=1S/C83H136O17P2/c1-5-9-13-17-21-25-29-33-36-37-38-39-42-45-48-52-56-60-64-68-81(86)94-73-78(99-82(87)69-65-61-57-53-49-43-32-28-24-20-16-12-8-4)75-97-101(89,90)95-71-77(84)72-96-102(91,92)98-76-79(100-83(88)70-66-62-58-54-50-46-41-35-31-27-23-19-15-11-7-3)74-93-80(85)67-63-59-55-51-47-44-40-34-30-26-22-18-14-10-6-2/h10-11,14-16,20-23,25-28,32-36,38-41,47,50-51,54,77-79,84H,5-9,12-13,17-19,24,29-31,37,42-46,48-49,52-53,55-76H2,1-4H3,(H,89,90)(H,91,92)/b14-10-,15-11-,20-16-,25-21-,26-22-,27-23-,32-28-,36-33-,39-38-,40-34-,41-35-,51-47-,54-50-. The second-order valence-corrected chi connectivity index (χ2v) is 28.1. The Morgan fingerprint density at radius 2 is 0.529 bits per heavy atom. The molecule has 0 aromatic heterocycles. The van der Waals surface area contributed by atoms with E-state index in [-0.39, 0.29) is 25.7 Å². The molecule has 0 bridgehead atoms. The number of rotatable bonds is 71. The predicted octanol–water partition coefficient (Wildman–Crippen LogP) is 22.4. The van der Waals surface area contributed by atoms with E-state index in [1.165, 1.54) is 19.3 Å². The van der Waals surface area contributed by atoms with Crippen molar-refractivity contribution < 1.29 is 80.2 Å². The zero-order valence-corrected chi connectivity index (χ0v) is 65.0. The van der Waals surface area contributed by atoms with Crippen LogP contribution in [0.5, 0.6) is 0 Å². The van der Waals surface area contributed by atoms with Crippen LogP contribution in [0, 0.1) is 0 Å². The van der Waals surface area contributed by atoms with Gasteiger partial charge < -0.3 is 33.8 Å². The minimum absolute atomic E-state index is 0.0277. The van der Waals surface area contributed by atoms with Gasteiger partial charge in [0.05, 0.1) is 26.4 Å². The van der Waals surface area contributed by atoms with Gasteiger partial charge in [0.1, 0.15) is 19.3 Å².